The third kappa shape index (κ3) is 3.07. The Morgan fingerprint density at radius 2 is 2.16 bits per heavy atom. The van der Waals surface area contributed by atoms with E-state index in [0.29, 0.717) is 6.04 Å². The molecule has 0 spiro atoms. The van der Waals surface area contributed by atoms with Crippen LogP contribution in [0.4, 0.5) is 5.69 Å². The van der Waals surface area contributed by atoms with Gasteiger partial charge < -0.3 is 10.0 Å². The van der Waals surface area contributed by atoms with Gasteiger partial charge in [-0.15, -0.1) is 0 Å². The molecule has 1 aliphatic heterocycles. The number of aromatic nitrogens is 1. The van der Waals surface area contributed by atoms with Gasteiger partial charge in [0, 0.05) is 42.3 Å². The normalized spacial score (nSPS) is 19.4. The van der Waals surface area contributed by atoms with Crippen molar-refractivity contribution in [2.45, 2.75) is 39.8 Å². The van der Waals surface area contributed by atoms with E-state index >= 15 is 0 Å². The molecule has 0 aliphatic carbocycles. The molecule has 1 unspecified atom stereocenters. The lowest BCUT2D eigenvalue weighted by molar-refractivity contribution is 0.232. The molecular weight excluding hydrogens is 238 g/mol. The molecule has 0 bridgehead atoms. The Kier molecular flexibility index (Phi) is 4.77. The van der Waals surface area contributed by atoms with Gasteiger partial charge in [-0.1, -0.05) is 13.8 Å². The maximum atomic E-state index is 9.46. The fourth-order valence-corrected chi connectivity index (χ4v) is 2.99. The Bertz CT molecular complexity index is 418. The zero-order valence-corrected chi connectivity index (χ0v) is 12.3. The van der Waals surface area contributed by atoms with Crippen LogP contribution in [0.3, 0.4) is 0 Å². The number of aliphatic hydroxyl groups excluding tert-OH is 1. The number of nitrogens with zero attached hydrogens (tertiary/aromatic N) is 3. The summed E-state index contributed by atoms with van der Waals surface area (Å²) in [7, 11) is 0. The number of rotatable bonds is 5. The van der Waals surface area contributed by atoms with Crippen LogP contribution in [-0.2, 0) is 6.61 Å². The van der Waals surface area contributed by atoms with E-state index in [4.69, 9.17) is 0 Å². The number of aryl methyl sites for hydroxylation is 1. The van der Waals surface area contributed by atoms with Gasteiger partial charge >= 0.3 is 0 Å². The van der Waals surface area contributed by atoms with Crippen molar-refractivity contribution in [1.82, 2.24) is 9.88 Å². The molecule has 0 aromatic carbocycles. The van der Waals surface area contributed by atoms with E-state index in [1.807, 2.05) is 6.92 Å². The molecule has 2 rings (SSSR count). The smallest absolute Gasteiger partial charge is 0.0717 e. The Morgan fingerprint density at radius 1 is 1.42 bits per heavy atom. The average molecular weight is 263 g/mol. The first-order valence-electron chi connectivity index (χ1n) is 7.25. The van der Waals surface area contributed by atoms with Gasteiger partial charge in [0.2, 0.25) is 0 Å². The van der Waals surface area contributed by atoms with Crippen molar-refractivity contribution in [3.8, 4) is 0 Å². The maximum Gasteiger partial charge on any atom is 0.0717 e. The van der Waals surface area contributed by atoms with Gasteiger partial charge in [0.15, 0.2) is 0 Å². The van der Waals surface area contributed by atoms with Crippen LogP contribution in [0.15, 0.2) is 12.3 Å². The molecule has 1 fully saturated rings. The highest BCUT2D eigenvalue weighted by Gasteiger charge is 2.27. The standard InChI is InChI=1S/C15H25N3O/c1-4-17(5-2)14-6-7-18(10-14)15-8-12(3)16-9-13(15)11-19/h8-9,14,19H,4-7,10-11H2,1-3H3. The van der Waals surface area contributed by atoms with E-state index in [2.05, 4.69) is 34.7 Å². The van der Waals surface area contributed by atoms with E-state index in [1.165, 1.54) is 6.42 Å². The molecule has 1 N–H and O–H groups in total. The molecule has 0 radical (unpaired) electrons. The van der Waals surface area contributed by atoms with Gasteiger partial charge in [-0.2, -0.15) is 0 Å². The SMILES string of the molecule is CCN(CC)C1CCN(c2cc(C)ncc2CO)C1. The van der Waals surface area contributed by atoms with Crippen LogP contribution in [0.2, 0.25) is 0 Å². The molecule has 4 nitrogen and oxygen atoms in total. The van der Waals surface area contributed by atoms with Crippen molar-refractivity contribution in [2.24, 2.45) is 0 Å². The summed E-state index contributed by atoms with van der Waals surface area (Å²) in [6.45, 7) is 10.9. The first kappa shape index (κ1) is 14.3. The quantitative estimate of drug-likeness (QED) is 0.879. The first-order chi connectivity index (χ1) is 9.19. The Morgan fingerprint density at radius 3 is 2.79 bits per heavy atom. The van der Waals surface area contributed by atoms with E-state index in [9.17, 15) is 5.11 Å². The summed E-state index contributed by atoms with van der Waals surface area (Å²) in [5.41, 5.74) is 3.11. The van der Waals surface area contributed by atoms with Crippen LogP contribution in [-0.4, -0.2) is 47.2 Å². The molecule has 2 heterocycles. The highest BCUT2D eigenvalue weighted by molar-refractivity contribution is 5.54. The number of anilines is 1. The average Bonchev–Trinajstić information content (AvgIpc) is 2.89. The summed E-state index contributed by atoms with van der Waals surface area (Å²) in [5.74, 6) is 0. The lowest BCUT2D eigenvalue weighted by Crippen LogP contribution is -2.37. The third-order valence-corrected chi connectivity index (χ3v) is 4.10. The van der Waals surface area contributed by atoms with E-state index in [-0.39, 0.29) is 6.61 Å². The van der Waals surface area contributed by atoms with E-state index < -0.39 is 0 Å². The molecule has 1 aliphatic rings. The second kappa shape index (κ2) is 6.35. The van der Waals surface area contributed by atoms with Crippen LogP contribution >= 0.6 is 0 Å². The van der Waals surface area contributed by atoms with Gasteiger partial charge in [0.05, 0.1) is 6.61 Å². The number of likely N-dealkylation sites (N-methyl/N-ethyl adjacent to an activating group) is 1. The summed E-state index contributed by atoms with van der Waals surface area (Å²) in [4.78, 5) is 9.18. The summed E-state index contributed by atoms with van der Waals surface area (Å²) in [6, 6.07) is 2.73. The van der Waals surface area contributed by atoms with Crippen LogP contribution in [0.1, 0.15) is 31.5 Å². The molecule has 19 heavy (non-hydrogen) atoms. The van der Waals surface area contributed by atoms with Gasteiger partial charge in [0.1, 0.15) is 0 Å². The van der Waals surface area contributed by atoms with Crippen molar-refractivity contribution in [2.75, 3.05) is 31.1 Å². The Labute approximate surface area is 116 Å². The molecule has 4 heteroatoms. The molecule has 0 saturated carbocycles. The summed E-state index contributed by atoms with van der Waals surface area (Å²) in [5, 5.41) is 9.46. The summed E-state index contributed by atoms with van der Waals surface area (Å²) in [6.07, 6.45) is 3.00. The second-order valence-electron chi connectivity index (χ2n) is 5.22. The lowest BCUT2D eigenvalue weighted by atomic mass is 10.2. The minimum absolute atomic E-state index is 0.0645. The largest absolute Gasteiger partial charge is 0.392 e. The second-order valence-corrected chi connectivity index (χ2v) is 5.22. The van der Waals surface area contributed by atoms with Gasteiger partial charge in [-0.3, -0.25) is 9.88 Å². The van der Waals surface area contributed by atoms with Crippen molar-refractivity contribution in [3.63, 3.8) is 0 Å². The Hall–Kier alpha value is -1.13. The van der Waals surface area contributed by atoms with Crippen LogP contribution in [0.5, 0.6) is 0 Å². The molecule has 0 amide bonds. The number of hydrogen-bond acceptors (Lipinski definition) is 4. The van der Waals surface area contributed by atoms with Crippen molar-refractivity contribution < 1.29 is 5.11 Å². The van der Waals surface area contributed by atoms with Gasteiger partial charge in [-0.25, -0.2) is 0 Å². The molecule has 106 valence electrons. The number of hydrogen-bond donors (Lipinski definition) is 1. The van der Waals surface area contributed by atoms with Crippen LogP contribution < -0.4 is 4.90 Å². The molecule has 1 saturated heterocycles. The summed E-state index contributed by atoms with van der Waals surface area (Å²) >= 11 is 0. The van der Waals surface area contributed by atoms with Crippen molar-refractivity contribution >= 4 is 5.69 Å². The molecule has 1 aromatic rings. The van der Waals surface area contributed by atoms with Crippen molar-refractivity contribution in [1.29, 1.82) is 0 Å². The topological polar surface area (TPSA) is 39.6 Å². The highest BCUT2D eigenvalue weighted by Crippen LogP contribution is 2.26. The predicted octanol–water partition coefficient (Wildman–Crippen LogP) is 1.80. The fraction of sp³-hybridized carbons (Fsp3) is 0.667. The first-order valence-corrected chi connectivity index (χ1v) is 7.25. The fourth-order valence-electron chi connectivity index (χ4n) is 2.99. The maximum absolute atomic E-state index is 9.46. The van der Waals surface area contributed by atoms with Gasteiger partial charge in [0.25, 0.3) is 0 Å². The van der Waals surface area contributed by atoms with Crippen LogP contribution in [0, 0.1) is 6.92 Å². The van der Waals surface area contributed by atoms with E-state index in [0.717, 1.165) is 43.1 Å². The predicted molar refractivity (Wildman–Crippen MR) is 78.4 cm³/mol. The number of aliphatic hydroxyl groups is 1. The zero-order valence-electron chi connectivity index (χ0n) is 12.3. The Balaban J connectivity index is 2.14. The monoisotopic (exact) mass is 263 g/mol. The highest BCUT2D eigenvalue weighted by atomic mass is 16.3. The minimum Gasteiger partial charge on any atom is -0.392 e. The third-order valence-electron chi connectivity index (χ3n) is 4.10. The molecular formula is C15H25N3O. The van der Waals surface area contributed by atoms with E-state index in [1.54, 1.807) is 6.20 Å². The lowest BCUT2D eigenvalue weighted by Gasteiger charge is -2.27. The minimum atomic E-state index is 0.0645. The van der Waals surface area contributed by atoms with Crippen LogP contribution in [0.25, 0.3) is 0 Å². The van der Waals surface area contributed by atoms with Gasteiger partial charge in [-0.05, 0) is 32.5 Å². The number of pyridine rings is 1. The molecule has 1 aromatic heterocycles. The zero-order chi connectivity index (χ0) is 13.8. The summed E-state index contributed by atoms with van der Waals surface area (Å²) < 4.78 is 0. The molecule has 1 atom stereocenters. The van der Waals surface area contributed by atoms with Crippen molar-refractivity contribution in [3.05, 3.63) is 23.5 Å².